The zero-order valence-corrected chi connectivity index (χ0v) is 36.6. The molecule has 1 aromatic rings. The smallest absolute Gasteiger partial charge is 0.475 e. The second kappa shape index (κ2) is 14.9. The standard InChI is InChI=1S/C44H66N2O4S.C2HF3O2/c1-39(2)32(30-8-10-31(11-9-30)38(47)50-7)14-17-41(4)35(39)16-18-43(6)36(41)13-12-34-37-33(40(3)20-21-40)15-19-44(37,23-22-42(34,43)5)45-24-25-46-26-28-51(48,49)29-27-46;3-2(4,5)1(6)7/h8-11,14,33-37,45H,12-13,15-29H2,1-7H3;(H,6,7)/t33-,34-,35+,36-,37-,41+,42-,43-,44+;/m1./s1. The Bertz CT molecular complexity index is 1880. The minimum absolute atomic E-state index is 0.0557. The summed E-state index contributed by atoms with van der Waals surface area (Å²) in [6.07, 6.45) is 12.1. The Hall–Kier alpha value is -2.44. The number of esters is 1. The number of alkyl halides is 3. The van der Waals surface area contributed by atoms with Crippen molar-refractivity contribution in [3.05, 3.63) is 41.5 Å². The minimum Gasteiger partial charge on any atom is -0.475 e. The van der Waals surface area contributed by atoms with Crippen molar-refractivity contribution in [3.63, 3.8) is 0 Å². The highest BCUT2D eigenvalue weighted by molar-refractivity contribution is 7.91. The van der Waals surface area contributed by atoms with Gasteiger partial charge in [0, 0.05) is 31.7 Å². The molecule has 0 aromatic heterocycles. The Kier molecular flexibility index (Phi) is 11.2. The normalized spacial score (nSPS) is 39.6. The number of benzene rings is 1. The van der Waals surface area contributed by atoms with Crippen LogP contribution in [0.25, 0.3) is 5.57 Å². The number of hydrogen-bond donors (Lipinski definition) is 2. The summed E-state index contributed by atoms with van der Waals surface area (Å²) in [4.78, 5) is 23.4. The van der Waals surface area contributed by atoms with Gasteiger partial charge in [-0.15, -0.1) is 0 Å². The van der Waals surface area contributed by atoms with E-state index in [-0.39, 0.29) is 22.3 Å². The van der Waals surface area contributed by atoms with Crippen LogP contribution in [0.3, 0.4) is 0 Å². The average Bonchev–Trinajstić information content (AvgIpc) is 3.78. The van der Waals surface area contributed by atoms with Crippen molar-refractivity contribution < 1.29 is 41.0 Å². The Morgan fingerprint density at radius 1 is 0.845 bits per heavy atom. The van der Waals surface area contributed by atoms with E-state index in [9.17, 15) is 26.4 Å². The third kappa shape index (κ3) is 7.28. The van der Waals surface area contributed by atoms with Crippen LogP contribution in [0.5, 0.6) is 0 Å². The molecule has 0 amide bonds. The maximum absolute atomic E-state index is 12.2. The molecule has 8 nitrogen and oxygen atoms in total. The van der Waals surface area contributed by atoms with Gasteiger partial charge in [0.25, 0.3) is 0 Å². The van der Waals surface area contributed by atoms with Gasteiger partial charge in [0.05, 0.1) is 24.2 Å². The van der Waals surface area contributed by atoms with Crippen LogP contribution in [0.2, 0.25) is 0 Å². The van der Waals surface area contributed by atoms with Crippen LogP contribution in [-0.2, 0) is 19.4 Å². The van der Waals surface area contributed by atoms with E-state index in [0.717, 1.165) is 43.2 Å². The summed E-state index contributed by atoms with van der Waals surface area (Å²) >= 11 is 0. The quantitative estimate of drug-likeness (QED) is 0.262. The van der Waals surface area contributed by atoms with Crippen molar-refractivity contribution in [1.82, 2.24) is 10.2 Å². The number of hydrogen-bond acceptors (Lipinski definition) is 7. The van der Waals surface area contributed by atoms with Gasteiger partial charge in [0.15, 0.2) is 9.84 Å². The van der Waals surface area contributed by atoms with Crippen LogP contribution < -0.4 is 5.32 Å². The molecule has 0 spiro atoms. The molecular weight excluding hydrogens is 766 g/mol. The number of carbonyl (C=O) groups is 2. The zero-order valence-electron chi connectivity index (χ0n) is 35.8. The fraction of sp³-hybridized carbons (Fsp3) is 0.783. The minimum atomic E-state index is -5.08. The van der Waals surface area contributed by atoms with Gasteiger partial charge in [-0.2, -0.15) is 13.2 Å². The molecule has 1 aromatic carbocycles. The van der Waals surface area contributed by atoms with E-state index >= 15 is 0 Å². The van der Waals surface area contributed by atoms with Crippen LogP contribution in [0.15, 0.2) is 30.3 Å². The Balaban J connectivity index is 0.000000672. The van der Waals surface area contributed by atoms with Gasteiger partial charge < -0.3 is 20.1 Å². The molecule has 324 valence electrons. The maximum Gasteiger partial charge on any atom is 0.490 e. The number of allylic oxidation sites excluding steroid dienone is 2. The van der Waals surface area contributed by atoms with Crippen molar-refractivity contribution in [1.29, 1.82) is 0 Å². The van der Waals surface area contributed by atoms with Gasteiger partial charge in [-0.3, -0.25) is 0 Å². The van der Waals surface area contributed by atoms with Crippen molar-refractivity contribution in [3.8, 4) is 0 Å². The fourth-order valence-electron chi connectivity index (χ4n) is 14.7. The number of carboxylic acid groups (broad SMARTS) is 1. The lowest BCUT2D eigenvalue weighted by atomic mass is 9.32. The molecule has 8 rings (SSSR count). The number of carboxylic acids is 1. The van der Waals surface area contributed by atoms with E-state index in [1.165, 1.54) is 82.5 Å². The SMILES string of the molecule is COC(=O)c1ccc(C2=CC[C@]3(C)[C@H]4CC[C@@H]5[C@H]6[C@H](C7(C)CC7)CC[C@]6(NCCN6CCS(=O)(=O)CC6)CC[C@@]5(C)[C@]4(C)CC[C@H]3C2(C)C)cc1.O=C(O)C(F)(F)F. The maximum atomic E-state index is 12.2. The number of sulfone groups is 1. The highest BCUT2D eigenvalue weighted by Crippen LogP contribution is 2.78. The van der Waals surface area contributed by atoms with E-state index in [4.69, 9.17) is 14.6 Å². The number of fused-ring (bicyclic) bond motifs is 7. The third-order valence-corrected chi connectivity index (χ3v) is 19.8. The van der Waals surface area contributed by atoms with Gasteiger partial charge in [0.1, 0.15) is 0 Å². The molecule has 0 unspecified atom stereocenters. The molecule has 1 heterocycles. The lowest BCUT2D eigenvalue weighted by molar-refractivity contribution is -0.222. The van der Waals surface area contributed by atoms with Crippen LogP contribution >= 0.6 is 0 Å². The number of methoxy groups -OCH3 is 1. The molecule has 2 N–H and O–H groups in total. The highest BCUT2D eigenvalue weighted by atomic mass is 32.2. The van der Waals surface area contributed by atoms with Crippen molar-refractivity contribution in [2.24, 2.45) is 56.7 Å². The molecule has 0 radical (unpaired) electrons. The molecule has 9 atom stereocenters. The van der Waals surface area contributed by atoms with Gasteiger partial charge in [-0.25, -0.2) is 18.0 Å². The lowest BCUT2D eigenvalue weighted by Crippen LogP contribution is -2.68. The van der Waals surface area contributed by atoms with E-state index in [2.05, 4.69) is 70.0 Å². The van der Waals surface area contributed by atoms with Crippen molar-refractivity contribution in [2.45, 2.75) is 124 Å². The molecule has 0 bridgehead atoms. The first kappa shape index (κ1) is 43.6. The molecule has 1 saturated heterocycles. The molecule has 5 saturated carbocycles. The predicted octanol–water partition coefficient (Wildman–Crippen LogP) is 9.05. The summed E-state index contributed by atoms with van der Waals surface area (Å²) in [6.45, 7) is 19.2. The molecule has 6 aliphatic carbocycles. The number of rotatable bonds is 7. The van der Waals surface area contributed by atoms with E-state index in [1.54, 1.807) is 0 Å². The molecular formula is C46H67F3N2O6S. The summed E-state index contributed by atoms with van der Waals surface area (Å²) in [5, 5.41) is 11.4. The number of ether oxygens (including phenoxy) is 1. The Morgan fingerprint density at radius 3 is 2.07 bits per heavy atom. The number of aliphatic carboxylic acids is 1. The average molecular weight is 833 g/mol. The van der Waals surface area contributed by atoms with E-state index < -0.39 is 22.0 Å². The first-order valence-electron chi connectivity index (χ1n) is 21.8. The first-order chi connectivity index (χ1) is 27.0. The number of carbonyl (C=O) groups excluding carboxylic acids is 1. The predicted molar refractivity (Wildman–Crippen MR) is 220 cm³/mol. The van der Waals surface area contributed by atoms with Gasteiger partial charge >= 0.3 is 18.1 Å². The van der Waals surface area contributed by atoms with Crippen LogP contribution in [0.1, 0.15) is 128 Å². The summed E-state index contributed by atoms with van der Waals surface area (Å²) in [5.41, 5.74) is 5.08. The van der Waals surface area contributed by atoms with Crippen LogP contribution in [0.4, 0.5) is 13.2 Å². The largest absolute Gasteiger partial charge is 0.490 e. The summed E-state index contributed by atoms with van der Waals surface area (Å²) in [7, 11) is -1.40. The topological polar surface area (TPSA) is 113 Å². The van der Waals surface area contributed by atoms with Crippen molar-refractivity contribution >= 4 is 27.3 Å². The lowest BCUT2D eigenvalue weighted by Gasteiger charge is -2.72. The third-order valence-electron chi connectivity index (χ3n) is 18.1. The Morgan fingerprint density at radius 2 is 1.48 bits per heavy atom. The van der Waals surface area contributed by atoms with Crippen molar-refractivity contribution in [2.75, 3.05) is 44.8 Å². The Labute approximate surface area is 344 Å². The number of nitrogens with one attached hydrogen (secondary N) is 1. The van der Waals surface area contributed by atoms with E-state index in [1.807, 2.05) is 12.1 Å². The van der Waals surface area contributed by atoms with Gasteiger partial charge in [0.2, 0.25) is 0 Å². The number of nitrogens with zero attached hydrogens (tertiary/aromatic N) is 1. The van der Waals surface area contributed by atoms with Crippen LogP contribution in [-0.4, -0.2) is 86.9 Å². The molecule has 12 heteroatoms. The number of halogens is 3. The van der Waals surface area contributed by atoms with Gasteiger partial charge in [-0.05, 0) is 151 Å². The molecule has 6 fully saturated rings. The highest BCUT2D eigenvalue weighted by Gasteiger charge is 2.72. The summed E-state index contributed by atoms with van der Waals surface area (Å²) in [5.74, 6) is 1.29. The second-order valence-corrected chi connectivity index (χ2v) is 23.3. The molecule has 1 aliphatic heterocycles. The summed E-state index contributed by atoms with van der Waals surface area (Å²) in [6, 6.07) is 8.14. The van der Waals surface area contributed by atoms with E-state index in [0.29, 0.717) is 52.3 Å². The van der Waals surface area contributed by atoms with Gasteiger partial charge in [-0.1, -0.05) is 59.8 Å². The molecule has 58 heavy (non-hydrogen) atoms. The zero-order chi connectivity index (χ0) is 42.3. The molecule has 7 aliphatic rings. The van der Waals surface area contributed by atoms with Crippen LogP contribution in [0, 0.1) is 56.7 Å². The second-order valence-electron chi connectivity index (χ2n) is 21.0. The monoisotopic (exact) mass is 832 g/mol. The fourth-order valence-corrected chi connectivity index (χ4v) is 16.0. The summed E-state index contributed by atoms with van der Waals surface area (Å²) < 4.78 is 60.9. The first-order valence-corrected chi connectivity index (χ1v) is 23.7.